The number of hydrogen-bond acceptors (Lipinski definition) is 3. The molecule has 0 radical (unpaired) electrons. The van der Waals surface area contributed by atoms with Crippen LogP contribution in [0.15, 0.2) is 18.2 Å². The summed E-state index contributed by atoms with van der Waals surface area (Å²) in [6.45, 7) is 2.75. The molecule has 2 heterocycles. The average Bonchev–Trinajstić information content (AvgIpc) is 2.46. The van der Waals surface area contributed by atoms with E-state index in [2.05, 4.69) is 11.0 Å². The smallest absolute Gasteiger partial charge is 0.249 e. The van der Waals surface area contributed by atoms with Crippen molar-refractivity contribution >= 4 is 11.6 Å². The zero-order valence-electron chi connectivity index (χ0n) is 11.1. The molecule has 19 heavy (non-hydrogen) atoms. The maximum atomic E-state index is 11.5. The number of carbonyl (C=O) groups excluding carboxylic acids is 1. The Morgan fingerprint density at radius 2 is 2.11 bits per heavy atom. The van der Waals surface area contributed by atoms with Gasteiger partial charge in [-0.1, -0.05) is 6.07 Å². The van der Waals surface area contributed by atoms with E-state index in [0.717, 1.165) is 51.0 Å². The van der Waals surface area contributed by atoms with Gasteiger partial charge < -0.3 is 15.4 Å². The molecule has 2 aliphatic rings. The Bertz CT molecular complexity index is 481. The van der Waals surface area contributed by atoms with Gasteiger partial charge in [-0.3, -0.25) is 4.79 Å². The fraction of sp³-hybridized carbons (Fsp3) is 0.533. The molecule has 0 saturated carbocycles. The molecule has 0 aliphatic carbocycles. The lowest BCUT2D eigenvalue weighted by atomic mass is 9.93. The topological polar surface area (TPSA) is 55.6 Å². The quantitative estimate of drug-likeness (QED) is 0.881. The van der Waals surface area contributed by atoms with Crippen LogP contribution in [0.4, 0.5) is 5.69 Å². The third kappa shape index (κ3) is 2.32. The van der Waals surface area contributed by atoms with Crippen molar-refractivity contribution in [3.63, 3.8) is 0 Å². The summed E-state index contributed by atoms with van der Waals surface area (Å²) in [6.07, 6.45) is 4.18. The van der Waals surface area contributed by atoms with E-state index < -0.39 is 0 Å². The SMILES string of the molecule is NC(=O)c1cccc2c1CCCN2C1CCOCC1. The molecule has 102 valence electrons. The number of ether oxygens (including phenoxy) is 1. The van der Waals surface area contributed by atoms with Gasteiger partial charge in [-0.05, 0) is 43.4 Å². The number of nitrogens with two attached hydrogens (primary N) is 1. The van der Waals surface area contributed by atoms with E-state index >= 15 is 0 Å². The Morgan fingerprint density at radius 1 is 1.32 bits per heavy atom. The van der Waals surface area contributed by atoms with E-state index in [1.165, 1.54) is 5.69 Å². The number of nitrogens with zero attached hydrogens (tertiary/aromatic N) is 1. The molecule has 1 aromatic rings. The molecule has 4 nitrogen and oxygen atoms in total. The number of amides is 1. The second kappa shape index (κ2) is 5.21. The van der Waals surface area contributed by atoms with Crippen LogP contribution in [-0.4, -0.2) is 31.7 Å². The van der Waals surface area contributed by atoms with E-state index in [-0.39, 0.29) is 5.91 Å². The van der Waals surface area contributed by atoms with Gasteiger partial charge in [-0.15, -0.1) is 0 Å². The molecular formula is C15H20N2O2. The summed E-state index contributed by atoms with van der Waals surface area (Å²) in [7, 11) is 0. The molecule has 0 spiro atoms. The van der Waals surface area contributed by atoms with Gasteiger partial charge >= 0.3 is 0 Å². The normalized spacial score (nSPS) is 20.1. The van der Waals surface area contributed by atoms with Crippen LogP contribution in [0.3, 0.4) is 0 Å². The lowest BCUT2D eigenvalue weighted by Gasteiger charge is -2.40. The molecule has 0 unspecified atom stereocenters. The van der Waals surface area contributed by atoms with Gasteiger partial charge in [0, 0.05) is 37.1 Å². The Hall–Kier alpha value is -1.55. The summed E-state index contributed by atoms with van der Waals surface area (Å²) in [5.74, 6) is -0.314. The van der Waals surface area contributed by atoms with Crippen molar-refractivity contribution in [2.45, 2.75) is 31.7 Å². The lowest BCUT2D eigenvalue weighted by Crippen LogP contribution is -2.42. The fourth-order valence-electron chi connectivity index (χ4n) is 3.26. The van der Waals surface area contributed by atoms with Crippen molar-refractivity contribution in [2.24, 2.45) is 5.73 Å². The molecule has 3 rings (SSSR count). The minimum atomic E-state index is -0.314. The van der Waals surface area contributed by atoms with Gasteiger partial charge in [0.1, 0.15) is 0 Å². The van der Waals surface area contributed by atoms with Gasteiger partial charge in [0.2, 0.25) is 5.91 Å². The Morgan fingerprint density at radius 3 is 2.84 bits per heavy atom. The van der Waals surface area contributed by atoms with Crippen molar-refractivity contribution < 1.29 is 9.53 Å². The van der Waals surface area contributed by atoms with Crippen LogP contribution in [-0.2, 0) is 11.2 Å². The van der Waals surface area contributed by atoms with E-state index in [4.69, 9.17) is 10.5 Å². The summed E-state index contributed by atoms with van der Waals surface area (Å²) in [4.78, 5) is 14.0. The lowest BCUT2D eigenvalue weighted by molar-refractivity contribution is 0.0840. The van der Waals surface area contributed by atoms with Gasteiger partial charge in [0.15, 0.2) is 0 Å². The fourth-order valence-corrected chi connectivity index (χ4v) is 3.26. The molecule has 1 saturated heterocycles. The molecule has 0 atom stereocenters. The third-order valence-electron chi connectivity index (χ3n) is 4.18. The van der Waals surface area contributed by atoms with Crippen LogP contribution in [0.2, 0.25) is 0 Å². The number of benzene rings is 1. The molecular weight excluding hydrogens is 240 g/mol. The zero-order chi connectivity index (χ0) is 13.2. The molecule has 1 amide bonds. The van der Waals surface area contributed by atoms with Crippen molar-refractivity contribution in [1.82, 2.24) is 0 Å². The number of rotatable bonds is 2. The van der Waals surface area contributed by atoms with Crippen LogP contribution < -0.4 is 10.6 Å². The van der Waals surface area contributed by atoms with Crippen molar-refractivity contribution in [1.29, 1.82) is 0 Å². The maximum Gasteiger partial charge on any atom is 0.249 e. The number of primary amides is 1. The predicted octanol–water partition coefficient (Wildman–Crippen LogP) is 1.72. The third-order valence-corrected chi connectivity index (χ3v) is 4.18. The van der Waals surface area contributed by atoms with Gasteiger partial charge in [0.25, 0.3) is 0 Å². The van der Waals surface area contributed by atoms with Crippen LogP contribution in [0.1, 0.15) is 35.2 Å². The summed E-state index contributed by atoms with van der Waals surface area (Å²) in [6, 6.07) is 6.44. The first kappa shape index (κ1) is 12.5. The van der Waals surface area contributed by atoms with Crippen LogP contribution in [0, 0.1) is 0 Å². The van der Waals surface area contributed by atoms with Gasteiger partial charge in [-0.2, -0.15) is 0 Å². The van der Waals surface area contributed by atoms with Gasteiger partial charge in [0.05, 0.1) is 0 Å². The second-order valence-corrected chi connectivity index (χ2v) is 5.31. The highest BCUT2D eigenvalue weighted by Crippen LogP contribution is 2.33. The predicted molar refractivity (Wildman–Crippen MR) is 74.5 cm³/mol. The summed E-state index contributed by atoms with van der Waals surface area (Å²) in [5.41, 5.74) is 8.51. The first-order valence-corrected chi connectivity index (χ1v) is 7.03. The minimum absolute atomic E-state index is 0.314. The average molecular weight is 260 g/mol. The highest BCUT2D eigenvalue weighted by atomic mass is 16.5. The highest BCUT2D eigenvalue weighted by molar-refractivity contribution is 5.96. The van der Waals surface area contributed by atoms with Crippen LogP contribution in [0.25, 0.3) is 0 Å². The Kier molecular flexibility index (Phi) is 3.42. The van der Waals surface area contributed by atoms with Crippen molar-refractivity contribution in [3.05, 3.63) is 29.3 Å². The second-order valence-electron chi connectivity index (χ2n) is 5.31. The standard InChI is InChI=1S/C15H20N2O2/c16-15(18)13-3-1-5-14-12(13)4-2-8-17(14)11-6-9-19-10-7-11/h1,3,5,11H,2,4,6-10H2,(H2,16,18). The van der Waals surface area contributed by atoms with E-state index in [0.29, 0.717) is 11.6 Å². The number of hydrogen-bond donors (Lipinski definition) is 1. The molecule has 1 aromatic carbocycles. The Labute approximate surface area is 113 Å². The minimum Gasteiger partial charge on any atom is -0.381 e. The highest BCUT2D eigenvalue weighted by Gasteiger charge is 2.27. The molecule has 2 aliphatic heterocycles. The van der Waals surface area contributed by atoms with Gasteiger partial charge in [-0.25, -0.2) is 0 Å². The number of anilines is 1. The number of fused-ring (bicyclic) bond motifs is 1. The maximum absolute atomic E-state index is 11.5. The van der Waals surface area contributed by atoms with E-state index in [1.54, 1.807) is 0 Å². The molecule has 0 aromatic heterocycles. The molecule has 0 bridgehead atoms. The van der Waals surface area contributed by atoms with E-state index in [9.17, 15) is 4.79 Å². The summed E-state index contributed by atoms with van der Waals surface area (Å²) < 4.78 is 5.44. The first-order valence-electron chi connectivity index (χ1n) is 7.03. The zero-order valence-corrected chi connectivity index (χ0v) is 11.1. The first-order chi connectivity index (χ1) is 9.27. The Balaban J connectivity index is 1.95. The molecule has 2 N–H and O–H groups in total. The largest absolute Gasteiger partial charge is 0.381 e. The van der Waals surface area contributed by atoms with Crippen molar-refractivity contribution in [3.8, 4) is 0 Å². The monoisotopic (exact) mass is 260 g/mol. The van der Waals surface area contributed by atoms with Crippen LogP contribution >= 0.6 is 0 Å². The van der Waals surface area contributed by atoms with Crippen molar-refractivity contribution in [2.75, 3.05) is 24.7 Å². The number of carbonyl (C=O) groups is 1. The summed E-state index contributed by atoms with van der Waals surface area (Å²) in [5, 5.41) is 0. The van der Waals surface area contributed by atoms with E-state index in [1.807, 2.05) is 12.1 Å². The van der Waals surface area contributed by atoms with Crippen LogP contribution in [0.5, 0.6) is 0 Å². The summed E-state index contributed by atoms with van der Waals surface area (Å²) >= 11 is 0. The molecule has 4 heteroatoms. The molecule has 1 fully saturated rings.